The van der Waals surface area contributed by atoms with E-state index < -0.39 is 0 Å². The van der Waals surface area contributed by atoms with Crippen molar-refractivity contribution in [1.82, 2.24) is 10.2 Å². The van der Waals surface area contributed by atoms with Gasteiger partial charge in [0.05, 0.1) is 0 Å². The molecule has 2 saturated heterocycles. The highest BCUT2D eigenvalue weighted by Crippen LogP contribution is 2.59. The fraction of sp³-hybridized carbons (Fsp3) is 0.810. The Morgan fingerprint density at radius 2 is 2.08 bits per heavy atom. The van der Waals surface area contributed by atoms with Crippen molar-refractivity contribution in [3.63, 3.8) is 0 Å². The average Bonchev–Trinajstić information content (AvgIpc) is 3.11. The quantitative estimate of drug-likeness (QED) is 0.767. The van der Waals surface area contributed by atoms with Gasteiger partial charge in [0.1, 0.15) is 6.10 Å². The van der Waals surface area contributed by atoms with E-state index in [1.54, 1.807) is 0 Å². The smallest absolute Gasteiger partial charge is 0.251 e. The van der Waals surface area contributed by atoms with Gasteiger partial charge in [-0.1, -0.05) is 11.6 Å². The largest absolute Gasteiger partial charge is 0.368 e. The summed E-state index contributed by atoms with van der Waals surface area (Å²) in [6.45, 7) is 3.07. The summed E-state index contributed by atoms with van der Waals surface area (Å²) in [7, 11) is 0. The van der Waals surface area contributed by atoms with Crippen LogP contribution >= 0.6 is 0 Å². The van der Waals surface area contributed by atoms with Crippen molar-refractivity contribution in [3.8, 4) is 0 Å². The number of carbonyl (C=O) groups is 2. The number of allylic oxidation sites excluding steroid dienone is 1. The van der Waals surface area contributed by atoms with Crippen LogP contribution in [0.15, 0.2) is 11.6 Å². The van der Waals surface area contributed by atoms with Crippen LogP contribution in [0, 0.1) is 11.3 Å². The van der Waals surface area contributed by atoms with Crippen LogP contribution in [0.4, 0.5) is 0 Å². The van der Waals surface area contributed by atoms with Crippen molar-refractivity contribution < 1.29 is 14.3 Å². The zero-order valence-corrected chi connectivity index (χ0v) is 15.8. The van der Waals surface area contributed by atoms with E-state index in [1.807, 2.05) is 4.90 Å². The molecule has 0 aromatic carbocycles. The molecule has 4 aliphatic rings. The summed E-state index contributed by atoms with van der Waals surface area (Å²) in [6.07, 6.45) is 13.0. The lowest BCUT2D eigenvalue weighted by Crippen LogP contribution is -2.45. The summed E-state index contributed by atoms with van der Waals surface area (Å²) in [5, 5.41) is 3.16. The van der Waals surface area contributed by atoms with E-state index in [1.165, 1.54) is 31.3 Å². The first-order valence-electron chi connectivity index (χ1n) is 10.5. The zero-order valence-electron chi connectivity index (χ0n) is 15.8. The van der Waals surface area contributed by atoms with Crippen molar-refractivity contribution in [1.29, 1.82) is 0 Å². The lowest BCUT2D eigenvalue weighted by Gasteiger charge is -2.34. The molecule has 0 aromatic heterocycles. The molecule has 5 nitrogen and oxygen atoms in total. The van der Waals surface area contributed by atoms with Crippen LogP contribution in [0.2, 0.25) is 0 Å². The molecule has 26 heavy (non-hydrogen) atoms. The molecule has 144 valence electrons. The van der Waals surface area contributed by atoms with E-state index in [9.17, 15) is 9.59 Å². The van der Waals surface area contributed by atoms with E-state index in [0.717, 1.165) is 58.2 Å². The van der Waals surface area contributed by atoms with Gasteiger partial charge in [-0.3, -0.25) is 9.59 Å². The maximum absolute atomic E-state index is 12.5. The summed E-state index contributed by atoms with van der Waals surface area (Å²) < 4.78 is 5.53. The fourth-order valence-electron chi connectivity index (χ4n) is 5.02. The van der Waals surface area contributed by atoms with Gasteiger partial charge >= 0.3 is 0 Å². The van der Waals surface area contributed by atoms with Crippen molar-refractivity contribution in [2.24, 2.45) is 11.3 Å². The number of piperidine rings is 1. The number of rotatable bonds is 5. The van der Waals surface area contributed by atoms with Crippen LogP contribution in [-0.2, 0) is 14.3 Å². The number of nitrogens with one attached hydrogen (secondary N) is 1. The molecule has 2 heterocycles. The van der Waals surface area contributed by atoms with Gasteiger partial charge in [0, 0.05) is 32.2 Å². The van der Waals surface area contributed by atoms with E-state index in [4.69, 9.17) is 4.74 Å². The highest BCUT2D eigenvalue weighted by atomic mass is 16.5. The second kappa shape index (κ2) is 7.71. The van der Waals surface area contributed by atoms with Crippen molar-refractivity contribution in [3.05, 3.63) is 11.6 Å². The molecule has 2 atom stereocenters. The van der Waals surface area contributed by atoms with Gasteiger partial charge in [-0.25, -0.2) is 0 Å². The molecule has 4 rings (SSSR count). The molecule has 2 aliphatic carbocycles. The van der Waals surface area contributed by atoms with Crippen LogP contribution in [0.3, 0.4) is 0 Å². The number of nitrogens with zero attached hydrogens (tertiary/aromatic N) is 1. The first-order valence-corrected chi connectivity index (χ1v) is 10.5. The van der Waals surface area contributed by atoms with Crippen LogP contribution < -0.4 is 5.32 Å². The maximum Gasteiger partial charge on any atom is 0.251 e. The van der Waals surface area contributed by atoms with E-state index in [-0.39, 0.29) is 29.3 Å². The Balaban J connectivity index is 1.19. The molecular formula is C21H32N2O3. The van der Waals surface area contributed by atoms with Crippen LogP contribution in [0.5, 0.6) is 0 Å². The highest BCUT2D eigenvalue weighted by molar-refractivity contribution is 5.83. The number of carbonyl (C=O) groups excluding carboxylic acids is 2. The molecule has 1 spiro atoms. The molecule has 5 heteroatoms. The monoisotopic (exact) mass is 360 g/mol. The minimum absolute atomic E-state index is 0.166. The molecule has 1 saturated carbocycles. The average molecular weight is 360 g/mol. The predicted octanol–water partition coefficient (Wildman–Crippen LogP) is 2.80. The summed E-state index contributed by atoms with van der Waals surface area (Å²) in [5.41, 5.74) is 1.68. The number of ether oxygens (including phenoxy) is 1. The van der Waals surface area contributed by atoms with Gasteiger partial charge in [-0.05, 0) is 69.6 Å². The number of hydrogen-bond donors (Lipinski definition) is 1. The van der Waals surface area contributed by atoms with E-state index in [0.29, 0.717) is 6.61 Å². The molecule has 1 N–H and O–H groups in total. The van der Waals surface area contributed by atoms with Crippen molar-refractivity contribution in [2.75, 3.05) is 26.2 Å². The summed E-state index contributed by atoms with van der Waals surface area (Å²) >= 11 is 0. The number of hydrogen-bond acceptors (Lipinski definition) is 3. The normalized spacial score (nSPS) is 30.2. The Kier molecular flexibility index (Phi) is 5.35. The van der Waals surface area contributed by atoms with Gasteiger partial charge in [0.2, 0.25) is 5.91 Å². The van der Waals surface area contributed by atoms with Gasteiger partial charge in [-0.15, -0.1) is 0 Å². The minimum Gasteiger partial charge on any atom is -0.368 e. The lowest BCUT2D eigenvalue weighted by atomic mass is 9.90. The second-order valence-electron chi connectivity index (χ2n) is 8.60. The molecule has 3 fully saturated rings. The second-order valence-corrected chi connectivity index (χ2v) is 8.60. The Hall–Kier alpha value is -1.36. The summed E-state index contributed by atoms with van der Waals surface area (Å²) in [4.78, 5) is 26.9. The third-order valence-electron chi connectivity index (χ3n) is 6.91. The maximum atomic E-state index is 12.5. The topological polar surface area (TPSA) is 58.6 Å². The number of likely N-dealkylation sites (tertiary alicyclic amines) is 1. The molecule has 2 unspecified atom stereocenters. The van der Waals surface area contributed by atoms with E-state index >= 15 is 0 Å². The van der Waals surface area contributed by atoms with Crippen LogP contribution in [0.25, 0.3) is 0 Å². The van der Waals surface area contributed by atoms with Crippen molar-refractivity contribution in [2.45, 2.75) is 70.3 Å². The van der Waals surface area contributed by atoms with Gasteiger partial charge < -0.3 is 15.0 Å². The SMILES string of the molecule is O=C(NCCC1=CCCCC1)C1CC12CCN(C(=O)C1CCCO1)CC2. The van der Waals surface area contributed by atoms with Gasteiger partial charge in [0.15, 0.2) is 0 Å². The van der Waals surface area contributed by atoms with Gasteiger partial charge in [0.25, 0.3) is 5.91 Å². The first-order chi connectivity index (χ1) is 12.7. The molecule has 0 aromatic rings. The van der Waals surface area contributed by atoms with Crippen molar-refractivity contribution >= 4 is 11.8 Å². The Morgan fingerprint density at radius 1 is 1.23 bits per heavy atom. The van der Waals surface area contributed by atoms with Crippen LogP contribution in [0.1, 0.15) is 64.2 Å². The third kappa shape index (κ3) is 3.83. The summed E-state index contributed by atoms with van der Waals surface area (Å²) in [5.74, 6) is 0.572. The Labute approximate surface area is 156 Å². The highest BCUT2D eigenvalue weighted by Gasteiger charge is 2.58. The third-order valence-corrected chi connectivity index (χ3v) is 6.91. The molecular weight excluding hydrogens is 328 g/mol. The fourth-order valence-corrected chi connectivity index (χ4v) is 5.02. The Bertz CT molecular complexity index is 572. The standard InChI is InChI=1S/C21H32N2O3/c24-19(22-11-8-16-5-2-1-3-6-16)17-15-21(17)9-12-23(13-10-21)20(25)18-7-4-14-26-18/h5,17-18H,1-4,6-15H2,(H,22,24). The lowest BCUT2D eigenvalue weighted by molar-refractivity contribution is -0.142. The summed E-state index contributed by atoms with van der Waals surface area (Å²) in [6, 6.07) is 0. The molecule has 0 radical (unpaired) electrons. The zero-order chi connectivity index (χ0) is 18.0. The van der Waals surface area contributed by atoms with Gasteiger partial charge in [-0.2, -0.15) is 0 Å². The Morgan fingerprint density at radius 3 is 2.77 bits per heavy atom. The molecule has 2 aliphatic heterocycles. The minimum atomic E-state index is -0.212. The first kappa shape index (κ1) is 18.0. The van der Waals surface area contributed by atoms with E-state index in [2.05, 4.69) is 11.4 Å². The molecule has 2 amide bonds. The van der Waals surface area contributed by atoms with Crippen LogP contribution in [-0.4, -0.2) is 49.1 Å². The number of amides is 2. The predicted molar refractivity (Wildman–Crippen MR) is 99.5 cm³/mol. The molecule has 0 bridgehead atoms.